The molecule has 0 aliphatic carbocycles. The predicted molar refractivity (Wildman–Crippen MR) is 97.5 cm³/mol. The van der Waals surface area contributed by atoms with E-state index in [0.29, 0.717) is 13.2 Å². The Morgan fingerprint density at radius 3 is 1.68 bits per heavy atom. The second-order valence-corrected chi connectivity index (χ2v) is 6.20. The molecule has 0 unspecified atom stereocenters. The fourth-order valence-corrected chi connectivity index (χ4v) is 2.90. The molecule has 2 aromatic heterocycles. The summed E-state index contributed by atoms with van der Waals surface area (Å²) in [6.07, 6.45) is 4.32. The number of rotatable bonds is 6. The Labute approximate surface area is 145 Å². The average molecular weight is 336 g/mol. The molecule has 128 valence electrons. The molecule has 2 heterocycles. The fourth-order valence-electron chi connectivity index (χ4n) is 2.90. The summed E-state index contributed by atoms with van der Waals surface area (Å²) in [6, 6.07) is 11.9. The van der Waals surface area contributed by atoms with Crippen LogP contribution in [0.2, 0.25) is 0 Å². The molecule has 0 saturated carbocycles. The van der Waals surface area contributed by atoms with Crippen molar-refractivity contribution in [2.24, 2.45) is 0 Å². The normalized spacial score (nSPS) is 11.3. The summed E-state index contributed by atoms with van der Waals surface area (Å²) >= 11 is 0. The van der Waals surface area contributed by atoms with Gasteiger partial charge in [-0.3, -0.25) is 0 Å². The van der Waals surface area contributed by atoms with E-state index in [0.717, 1.165) is 51.0 Å². The Morgan fingerprint density at radius 1 is 0.720 bits per heavy atom. The minimum atomic E-state index is 0.591. The Morgan fingerprint density at radius 2 is 1.20 bits per heavy atom. The summed E-state index contributed by atoms with van der Waals surface area (Å²) in [5.74, 6) is 1.63. The molecule has 0 bridgehead atoms. The van der Waals surface area contributed by atoms with Crippen LogP contribution in [0.5, 0.6) is 11.5 Å². The topological polar surface area (TPSA) is 44.7 Å². The van der Waals surface area contributed by atoms with Crippen LogP contribution >= 0.6 is 0 Å². The number of ether oxygens (including phenoxy) is 2. The van der Waals surface area contributed by atoms with Gasteiger partial charge in [0.2, 0.25) is 0 Å². The van der Waals surface area contributed by atoms with E-state index in [4.69, 9.17) is 18.3 Å². The summed E-state index contributed by atoms with van der Waals surface area (Å²) in [5, 5.41) is 2.25. The Balaban J connectivity index is 1.28. The second kappa shape index (κ2) is 6.55. The molecule has 0 spiro atoms. The zero-order chi connectivity index (χ0) is 17.2. The highest BCUT2D eigenvalue weighted by Crippen LogP contribution is 2.26. The summed E-state index contributed by atoms with van der Waals surface area (Å²) in [4.78, 5) is 0. The zero-order valence-electron chi connectivity index (χ0n) is 14.4. The van der Waals surface area contributed by atoms with Gasteiger partial charge in [-0.2, -0.15) is 0 Å². The van der Waals surface area contributed by atoms with E-state index in [1.807, 2.05) is 50.2 Å². The molecule has 0 amide bonds. The first kappa shape index (κ1) is 15.6. The van der Waals surface area contributed by atoms with Crippen LogP contribution in [-0.4, -0.2) is 13.2 Å². The van der Waals surface area contributed by atoms with E-state index in [1.54, 1.807) is 12.5 Å². The number of aryl methyl sites for hydroxylation is 2. The molecule has 0 N–H and O–H groups in total. The highest BCUT2D eigenvalue weighted by molar-refractivity contribution is 5.82. The van der Waals surface area contributed by atoms with Crippen molar-refractivity contribution < 1.29 is 18.3 Å². The molecule has 0 fully saturated rings. The van der Waals surface area contributed by atoms with Gasteiger partial charge >= 0.3 is 0 Å². The lowest BCUT2D eigenvalue weighted by atomic mass is 10.2. The van der Waals surface area contributed by atoms with Crippen LogP contribution in [0.1, 0.15) is 17.5 Å². The lowest BCUT2D eigenvalue weighted by molar-refractivity contribution is 0.247. The second-order valence-electron chi connectivity index (χ2n) is 6.20. The van der Waals surface area contributed by atoms with Gasteiger partial charge < -0.3 is 18.3 Å². The summed E-state index contributed by atoms with van der Waals surface area (Å²) in [5.41, 5.74) is 3.99. The molecule has 0 atom stereocenters. The third-order valence-corrected chi connectivity index (χ3v) is 4.31. The first-order chi connectivity index (χ1) is 12.2. The zero-order valence-corrected chi connectivity index (χ0v) is 14.4. The van der Waals surface area contributed by atoms with Crippen molar-refractivity contribution in [3.8, 4) is 11.5 Å². The van der Waals surface area contributed by atoms with E-state index in [-0.39, 0.29) is 0 Å². The van der Waals surface area contributed by atoms with Crippen LogP contribution in [0.15, 0.2) is 57.8 Å². The maximum atomic E-state index is 5.78. The van der Waals surface area contributed by atoms with Gasteiger partial charge in [0.05, 0.1) is 25.7 Å². The van der Waals surface area contributed by atoms with Crippen LogP contribution < -0.4 is 9.47 Å². The maximum Gasteiger partial charge on any atom is 0.137 e. The number of fused-ring (bicyclic) bond motifs is 2. The molecule has 0 radical (unpaired) electrons. The average Bonchev–Trinajstić information content (AvgIpc) is 3.18. The van der Waals surface area contributed by atoms with Gasteiger partial charge in [-0.1, -0.05) is 0 Å². The quantitative estimate of drug-likeness (QED) is 0.427. The van der Waals surface area contributed by atoms with E-state index in [1.165, 1.54) is 0 Å². The number of benzene rings is 2. The fraction of sp³-hybridized carbons (Fsp3) is 0.238. The van der Waals surface area contributed by atoms with E-state index in [9.17, 15) is 0 Å². The van der Waals surface area contributed by atoms with Gasteiger partial charge in [-0.15, -0.1) is 0 Å². The number of furan rings is 2. The molecule has 4 aromatic rings. The van der Waals surface area contributed by atoms with Crippen molar-refractivity contribution in [2.45, 2.75) is 20.3 Å². The molecule has 4 heteroatoms. The number of hydrogen-bond donors (Lipinski definition) is 0. The van der Waals surface area contributed by atoms with Crippen molar-refractivity contribution in [2.75, 3.05) is 13.2 Å². The van der Waals surface area contributed by atoms with Gasteiger partial charge in [0.15, 0.2) is 0 Å². The van der Waals surface area contributed by atoms with Gasteiger partial charge in [0.1, 0.15) is 22.7 Å². The lowest BCUT2D eigenvalue weighted by Gasteiger charge is -2.08. The standard InChI is InChI=1S/C21H20O4/c1-14-12-24-20-10-16(4-6-18(14)20)22-8-3-9-23-17-5-7-19-15(2)13-25-21(19)11-17/h4-7,10-13H,3,8-9H2,1-2H3. The van der Waals surface area contributed by atoms with Crippen LogP contribution in [0.4, 0.5) is 0 Å². The van der Waals surface area contributed by atoms with Gasteiger partial charge in [-0.25, -0.2) is 0 Å². The molecule has 0 saturated heterocycles. The van der Waals surface area contributed by atoms with Crippen LogP contribution in [-0.2, 0) is 0 Å². The minimum absolute atomic E-state index is 0.591. The highest BCUT2D eigenvalue weighted by Gasteiger charge is 2.05. The van der Waals surface area contributed by atoms with Crippen molar-refractivity contribution in [1.29, 1.82) is 0 Å². The summed E-state index contributed by atoms with van der Waals surface area (Å²) < 4.78 is 22.5. The molecule has 25 heavy (non-hydrogen) atoms. The van der Waals surface area contributed by atoms with Crippen molar-refractivity contribution in [1.82, 2.24) is 0 Å². The summed E-state index contributed by atoms with van der Waals surface area (Å²) in [6.45, 7) is 5.25. The van der Waals surface area contributed by atoms with Crippen molar-refractivity contribution >= 4 is 21.9 Å². The first-order valence-electron chi connectivity index (χ1n) is 8.42. The van der Waals surface area contributed by atoms with E-state index in [2.05, 4.69) is 0 Å². The van der Waals surface area contributed by atoms with E-state index >= 15 is 0 Å². The van der Waals surface area contributed by atoms with Crippen LogP contribution in [0.3, 0.4) is 0 Å². The van der Waals surface area contributed by atoms with Crippen LogP contribution in [0, 0.1) is 13.8 Å². The molecule has 4 rings (SSSR count). The SMILES string of the molecule is Cc1coc2cc(OCCCOc3ccc4c(C)coc4c3)ccc12. The Bertz CT molecular complexity index is 927. The molecular formula is C21H20O4. The molecule has 0 aliphatic heterocycles. The number of hydrogen-bond acceptors (Lipinski definition) is 4. The maximum absolute atomic E-state index is 5.78. The monoisotopic (exact) mass is 336 g/mol. The minimum Gasteiger partial charge on any atom is -0.493 e. The van der Waals surface area contributed by atoms with Crippen LogP contribution in [0.25, 0.3) is 21.9 Å². The van der Waals surface area contributed by atoms with Crippen molar-refractivity contribution in [3.63, 3.8) is 0 Å². The molecular weight excluding hydrogens is 316 g/mol. The third kappa shape index (κ3) is 3.20. The van der Waals surface area contributed by atoms with Gasteiger partial charge in [0.25, 0.3) is 0 Å². The predicted octanol–water partition coefficient (Wildman–Crippen LogP) is 5.64. The van der Waals surface area contributed by atoms with Gasteiger partial charge in [-0.05, 0) is 49.2 Å². The molecule has 4 nitrogen and oxygen atoms in total. The van der Waals surface area contributed by atoms with E-state index < -0.39 is 0 Å². The summed E-state index contributed by atoms with van der Waals surface area (Å²) in [7, 11) is 0. The molecule has 0 aliphatic rings. The van der Waals surface area contributed by atoms with Gasteiger partial charge in [0, 0.05) is 29.3 Å². The Hall–Kier alpha value is -2.88. The first-order valence-corrected chi connectivity index (χ1v) is 8.42. The Kier molecular flexibility index (Phi) is 4.10. The highest BCUT2D eigenvalue weighted by atomic mass is 16.5. The van der Waals surface area contributed by atoms with Crippen molar-refractivity contribution in [3.05, 3.63) is 60.1 Å². The largest absolute Gasteiger partial charge is 0.493 e. The third-order valence-electron chi connectivity index (χ3n) is 4.31. The molecule has 2 aromatic carbocycles. The lowest BCUT2D eigenvalue weighted by Crippen LogP contribution is -2.04. The smallest absolute Gasteiger partial charge is 0.137 e.